The maximum absolute atomic E-state index is 16.3. The molecule has 0 aliphatic carbocycles. The summed E-state index contributed by atoms with van der Waals surface area (Å²) in [5.74, 6) is -1.10. The van der Waals surface area contributed by atoms with Gasteiger partial charge in [-0.05, 0) is 90.4 Å². The number of halogens is 1. The summed E-state index contributed by atoms with van der Waals surface area (Å²) in [7, 11) is -3.42. The molecule has 4 aliphatic rings. The van der Waals surface area contributed by atoms with E-state index in [1.807, 2.05) is 122 Å². The van der Waals surface area contributed by atoms with Crippen molar-refractivity contribution in [3.05, 3.63) is 138 Å². The van der Waals surface area contributed by atoms with Gasteiger partial charge in [0.05, 0.1) is 40.8 Å². The molecule has 1 spiro atoms. The lowest BCUT2D eigenvalue weighted by molar-refractivity contribution is -0.146. The number of carbonyl (C=O) groups excluding carboxylic acids is 3. The first-order valence-corrected chi connectivity index (χ1v) is 21.7. The largest absolute Gasteiger partial charge is 0.396 e. The monoisotopic (exact) mass is 747 g/mol. The van der Waals surface area contributed by atoms with E-state index in [0.717, 1.165) is 44.2 Å². The van der Waals surface area contributed by atoms with Crippen LogP contribution in [-0.2, 0) is 21.7 Å². The molecule has 55 heavy (non-hydrogen) atoms. The molecule has 0 aromatic heterocycles. The Kier molecular flexibility index (Phi) is 7.33. The molecule has 1 fully saturated rings. The minimum absolute atomic E-state index is 0.0875. The van der Waals surface area contributed by atoms with Crippen LogP contribution in [0.2, 0.25) is 18.6 Å². The number of anilines is 5. The molecule has 3 amide bonds. The highest BCUT2D eigenvalue weighted by atomic mass is 28.4. The first kappa shape index (κ1) is 33.9. The van der Waals surface area contributed by atoms with Gasteiger partial charge in [0, 0.05) is 45.8 Å². The molecule has 0 saturated carbocycles. The van der Waals surface area contributed by atoms with Crippen molar-refractivity contribution in [1.29, 1.82) is 0 Å². The van der Waals surface area contributed by atoms with Crippen LogP contribution in [0, 0.1) is 5.92 Å². The van der Waals surface area contributed by atoms with Gasteiger partial charge in [0.2, 0.25) is 8.41 Å². The number of aliphatic hydroxyl groups excluding tert-OH is 1. The van der Waals surface area contributed by atoms with Crippen LogP contribution in [0.15, 0.2) is 115 Å². The van der Waals surface area contributed by atoms with Gasteiger partial charge in [0.25, 0.3) is 17.7 Å². The highest BCUT2D eigenvalue weighted by molar-refractivity contribution is 6.72. The van der Waals surface area contributed by atoms with E-state index in [-0.39, 0.29) is 37.3 Å². The standard InChI is InChI=1S/C45H38FN3O5Si/c1-26-41(55(2,3)46)38(22-23-50)54-45(26)34-24-31(49-37-15-7-11-29-9-5-13-33(40(29)37)43(49)52)20-21-35(34)47(44(45)53)25-27-16-18-30(19-17-27)48-36-14-6-10-28-8-4-12-32(39(28)36)42(48)51/h4-21,24,26,38,41,50H,22-23,25H2,1-3H3/t26-,38+,41-,45+/m1/s1. The fourth-order valence-corrected chi connectivity index (χ4v) is 12.5. The summed E-state index contributed by atoms with van der Waals surface area (Å²) in [6, 6.07) is 36.4. The summed E-state index contributed by atoms with van der Waals surface area (Å²) < 4.78 is 23.1. The number of carbonyl (C=O) groups is 3. The Morgan fingerprint density at radius 1 is 0.727 bits per heavy atom. The predicted octanol–water partition coefficient (Wildman–Crippen LogP) is 9.28. The van der Waals surface area contributed by atoms with Gasteiger partial charge < -0.3 is 18.9 Å². The van der Waals surface area contributed by atoms with E-state index in [0.29, 0.717) is 28.1 Å². The van der Waals surface area contributed by atoms with E-state index in [1.165, 1.54) is 0 Å². The lowest BCUT2D eigenvalue weighted by Crippen LogP contribution is -2.45. The van der Waals surface area contributed by atoms with E-state index in [9.17, 15) is 14.7 Å². The Balaban J connectivity index is 1.05. The third kappa shape index (κ3) is 4.65. The molecule has 0 unspecified atom stereocenters. The summed E-state index contributed by atoms with van der Waals surface area (Å²) in [6.45, 7) is 5.18. The average molecular weight is 748 g/mol. The summed E-state index contributed by atoms with van der Waals surface area (Å²) in [5, 5.41) is 13.8. The number of benzene rings is 6. The first-order valence-electron chi connectivity index (χ1n) is 18.8. The average Bonchev–Trinajstić information content (AvgIpc) is 3.82. The van der Waals surface area contributed by atoms with E-state index in [1.54, 1.807) is 27.8 Å². The SMILES string of the molecule is C[C@@H]1[C@@H]([Si](C)(C)F)[C@H](CCO)O[C@@]12C(=O)N(Cc1ccc(N3C(=O)c4cccc5cccc3c45)cc1)c1ccc(N3C(=O)c4cccc5cccc3c45)cc12. The quantitative estimate of drug-likeness (QED) is 0.130. The van der Waals surface area contributed by atoms with Crippen LogP contribution in [0.5, 0.6) is 0 Å². The van der Waals surface area contributed by atoms with Crippen molar-refractivity contribution >= 4 is 76.1 Å². The van der Waals surface area contributed by atoms with Crippen LogP contribution in [-0.4, -0.2) is 43.9 Å². The number of amides is 3. The van der Waals surface area contributed by atoms with Crippen LogP contribution in [0.4, 0.5) is 32.5 Å². The Bertz CT molecular complexity index is 2630. The summed E-state index contributed by atoms with van der Waals surface area (Å²) in [5.41, 5.74) is 4.15. The Labute approximate surface area is 318 Å². The van der Waals surface area contributed by atoms with E-state index in [2.05, 4.69) is 0 Å². The maximum Gasteiger partial charge on any atom is 0.264 e. The highest BCUT2D eigenvalue weighted by Gasteiger charge is 2.66. The summed E-state index contributed by atoms with van der Waals surface area (Å²) >= 11 is 0. The van der Waals surface area contributed by atoms with Gasteiger partial charge in [0.15, 0.2) is 5.60 Å². The molecule has 10 rings (SSSR count). The molecule has 4 atom stereocenters. The van der Waals surface area contributed by atoms with Crippen LogP contribution in [0.25, 0.3) is 21.5 Å². The third-order valence-electron chi connectivity index (χ3n) is 12.3. The zero-order chi connectivity index (χ0) is 38.0. The number of aliphatic hydroxyl groups is 1. The van der Waals surface area contributed by atoms with Crippen molar-refractivity contribution < 1.29 is 28.3 Å². The second-order valence-corrected chi connectivity index (χ2v) is 19.5. The van der Waals surface area contributed by atoms with Crippen molar-refractivity contribution in [1.82, 2.24) is 0 Å². The normalized spacial score (nSPS) is 22.7. The molecule has 8 nitrogen and oxygen atoms in total. The fraction of sp³-hybridized carbons (Fsp3) is 0.222. The number of fused-ring (bicyclic) bond motifs is 2. The molecule has 0 bridgehead atoms. The van der Waals surface area contributed by atoms with Gasteiger partial charge in [-0.25, -0.2) is 0 Å². The van der Waals surface area contributed by atoms with Gasteiger partial charge in [-0.15, -0.1) is 0 Å². The highest BCUT2D eigenvalue weighted by Crippen LogP contribution is 2.61. The zero-order valence-electron chi connectivity index (χ0n) is 30.6. The first-order chi connectivity index (χ1) is 26.5. The molecular formula is C45H38FN3O5Si. The number of hydrogen-bond acceptors (Lipinski definition) is 5. The molecule has 1 N–H and O–H groups in total. The summed E-state index contributed by atoms with van der Waals surface area (Å²) in [4.78, 5) is 47.9. The van der Waals surface area contributed by atoms with Crippen molar-refractivity contribution in [3.63, 3.8) is 0 Å². The van der Waals surface area contributed by atoms with Crippen molar-refractivity contribution in [2.45, 2.75) is 50.2 Å². The van der Waals surface area contributed by atoms with Gasteiger partial charge in [-0.1, -0.05) is 67.6 Å². The molecule has 1 saturated heterocycles. The molecule has 4 heterocycles. The minimum atomic E-state index is -3.42. The van der Waals surface area contributed by atoms with Crippen LogP contribution in [0.3, 0.4) is 0 Å². The van der Waals surface area contributed by atoms with Crippen LogP contribution < -0.4 is 14.7 Å². The van der Waals surface area contributed by atoms with Crippen LogP contribution in [0.1, 0.15) is 45.2 Å². The lowest BCUT2D eigenvalue weighted by Gasteiger charge is -2.31. The van der Waals surface area contributed by atoms with Crippen molar-refractivity contribution in [3.8, 4) is 0 Å². The second-order valence-electron chi connectivity index (χ2n) is 15.7. The smallest absolute Gasteiger partial charge is 0.264 e. The fourth-order valence-electron chi connectivity index (χ4n) is 10.0. The van der Waals surface area contributed by atoms with E-state index >= 15 is 8.90 Å². The molecule has 6 aromatic rings. The van der Waals surface area contributed by atoms with Gasteiger partial charge in [-0.3, -0.25) is 24.2 Å². The third-order valence-corrected chi connectivity index (χ3v) is 14.7. The number of nitrogens with zero attached hydrogens (tertiary/aromatic N) is 3. The Morgan fingerprint density at radius 3 is 1.84 bits per heavy atom. The zero-order valence-corrected chi connectivity index (χ0v) is 31.6. The molecular weight excluding hydrogens is 710 g/mol. The Morgan fingerprint density at radius 2 is 1.27 bits per heavy atom. The Hall–Kier alpha value is -5.68. The number of rotatable bonds is 7. The maximum atomic E-state index is 16.3. The van der Waals surface area contributed by atoms with Gasteiger partial charge in [0.1, 0.15) is 0 Å². The summed E-state index contributed by atoms with van der Waals surface area (Å²) in [6.07, 6.45) is -0.459. The lowest BCUT2D eigenvalue weighted by atomic mass is 9.82. The van der Waals surface area contributed by atoms with E-state index in [4.69, 9.17) is 4.74 Å². The molecule has 0 radical (unpaired) electrons. The molecule has 4 aliphatic heterocycles. The second kappa shape index (κ2) is 11.9. The number of ether oxygens (including phenoxy) is 1. The van der Waals surface area contributed by atoms with Gasteiger partial charge >= 0.3 is 0 Å². The van der Waals surface area contributed by atoms with Crippen LogP contribution >= 0.6 is 0 Å². The van der Waals surface area contributed by atoms with Crippen molar-refractivity contribution in [2.75, 3.05) is 21.3 Å². The molecule has 6 aromatic carbocycles. The van der Waals surface area contributed by atoms with Gasteiger partial charge in [-0.2, -0.15) is 0 Å². The minimum Gasteiger partial charge on any atom is -0.396 e. The van der Waals surface area contributed by atoms with E-state index < -0.39 is 31.6 Å². The van der Waals surface area contributed by atoms with Crippen molar-refractivity contribution in [2.24, 2.45) is 5.92 Å². The predicted molar refractivity (Wildman–Crippen MR) is 215 cm³/mol. The molecule has 274 valence electrons. The number of hydrogen-bond donors (Lipinski definition) is 1. The molecule has 10 heteroatoms. The topological polar surface area (TPSA) is 90.4 Å².